The molecule has 0 unspecified atom stereocenters. The first-order valence-corrected chi connectivity index (χ1v) is 4.34. The molecule has 0 saturated heterocycles. The van der Waals surface area contributed by atoms with E-state index in [0.717, 1.165) is 12.3 Å². The molecule has 1 aromatic rings. The lowest BCUT2D eigenvalue weighted by atomic mass is 10.1. The summed E-state index contributed by atoms with van der Waals surface area (Å²) in [6.07, 6.45) is -2.67. The van der Waals surface area contributed by atoms with Crippen LogP contribution in [0, 0.1) is 0 Å². The fourth-order valence-electron chi connectivity index (χ4n) is 1.10. The Morgan fingerprint density at radius 1 is 1.18 bits per heavy atom. The predicted molar refractivity (Wildman–Crippen MR) is 52.6 cm³/mol. The average Bonchev–Trinajstić information content (AvgIpc) is 2.27. The minimum atomic E-state index is -4.79. The van der Waals surface area contributed by atoms with E-state index in [1.54, 1.807) is 0 Å². The molecule has 0 radical (unpaired) electrons. The minimum absolute atomic E-state index is 0.0961. The number of pyridine rings is 1. The monoisotopic (exact) mass is 247 g/mol. The van der Waals surface area contributed by atoms with Crippen molar-refractivity contribution in [3.8, 4) is 0 Å². The highest BCUT2D eigenvalue weighted by atomic mass is 19.4. The van der Waals surface area contributed by atoms with Gasteiger partial charge in [-0.3, -0.25) is 4.98 Å². The quantitative estimate of drug-likeness (QED) is 0.476. The SMILES string of the molecule is C/C(=N\O)c1cncc(/C(=N\O)C(F)(F)F)c1. The van der Waals surface area contributed by atoms with Crippen molar-refractivity contribution >= 4 is 11.4 Å². The van der Waals surface area contributed by atoms with E-state index < -0.39 is 17.5 Å². The molecule has 0 aromatic carbocycles. The number of hydrogen-bond donors (Lipinski definition) is 2. The summed E-state index contributed by atoms with van der Waals surface area (Å²) < 4.78 is 37.3. The zero-order valence-electron chi connectivity index (χ0n) is 8.60. The molecule has 0 aliphatic rings. The second-order valence-corrected chi connectivity index (χ2v) is 3.09. The number of hydrogen-bond acceptors (Lipinski definition) is 5. The number of nitrogens with zero attached hydrogens (tertiary/aromatic N) is 3. The van der Waals surface area contributed by atoms with Crippen LogP contribution in [0.1, 0.15) is 18.1 Å². The Morgan fingerprint density at radius 2 is 1.76 bits per heavy atom. The van der Waals surface area contributed by atoms with Gasteiger partial charge < -0.3 is 10.4 Å². The summed E-state index contributed by atoms with van der Waals surface area (Å²) in [4.78, 5) is 3.55. The van der Waals surface area contributed by atoms with E-state index in [4.69, 9.17) is 10.4 Å². The molecule has 0 fully saturated rings. The highest BCUT2D eigenvalue weighted by Crippen LogP contribution is 2.22. The summed E-state index contributed by atoms with van der Waals surface area (Å²) in [5.41, 5.74) is -1.59. The molecule has 5 nitrogen and oxygen atoms in total. The van der Waals surface area contributed by atoms with Gasteiger partial charge in [0, 0.05) is 23.5 Å². The van der Waals surface area contributed by atoms with Gasteiger partial charge in [-0.2, -0.15) is 13.2 Å². The van der Waals surface area contributed by atoms with Crippen LogP contribution in [-0.2, 0) is 0 Å². The molecule has 17 heavy (non-hydrogen) atoms. The summed E-state index contributed by atoms with van der Waals surface area (Å²) in [7, 11) is 0. The van der Waals surface area contributed by atoms with E-state index in [1.165, 1.54) is 13.1 Å². The van der Waals surface area contributed by atoms with Crippen LogP contribution in [0.4, 0.5) is 13.2 Å². The highest BCUT2D eigenvalue weighted by molar-refractivity contribution is 6.06. The summed E-state index contributed by atoms with van der Waals surface area (Å²) >= 11 is 0. The molecule has 0 saturated carbocycles. The minimum Gasteiger partial charge on any atom is -0.411 e. The average molecular weight is 247 g/mol. The molecule has 0 aliphatic heterocycles. The molecular formula is C9H8F3N3O2. The lowest BCUT2D eigenvalue weighted by molar-refractivity contribution is -0.0601. The third-order valence-electron chi connectivity index (χ3n) is 1.95. The van der Waals surface area contributed by atoms with E-state index in [9.17, 15) is 13.2 Å². The molecule has 1 heterocycles. The number of oxime groups is 2. The zero-order chi connectivity index (χ0) is 13.1. The molecule has 0 bridgehead atoms. The number of aromatic nitrogens is 1. The van der Waals surface area contributed by atoms with Crippen molar-refractivity contribution in [1.29, 1.82) is 0 Å². The van der Waals surface area contributed by atoms with Crippen molar-refractivity contribution in [2.24, 2.45) is 10.3 Å². The van der Waals surface area contributed by atoms with E-state index >= 15 is 0 Å². The standard InChI is InChI=1S/C9H8F3N3O2/c1-5(14-16)6-2-7(4-13-3-6)8(15-17)9(10,11)12/h2-4,16-17H,1H3/b14-5+,15-8+. The predicted octanol–water partition coefficient (Wildman–Crippen LogP) is 2.02. The van der Waals surface area contributed by atoms with Gasteiger partial charge in [0.05, 0.1) is 5.71 Å². The maximum Gasteiger partial charge on any atom is 0.437 e. The van der Waals surface area contributed by atoms with Crippen LogP contribution in [0.2, 0.25) is 0 Å². The van der Waals surface area contributed by atoms with Crippen LogP contribution in [-0.4, -0.2) is 33.0 Å². The maximum atomic E-state index is 12.4. The Labute approximate surface area is 93.9 Å². The van der Waals surface area contributed by atoms with Crippen LogP contribution in [0.3, 0.4) is 0 Å². The van der Waals surface area contributed by atoms with Gasteiger partial charge in [0.25, 0.3) is 0 Å². The smallest absolute Gasteiger partial charge is 0.411 e. The summed E-state index contributed by atoms with van der Waals surface area (Å²) in [5.74, 6) is 0. The first kappa shape index (κ1) is 12.9. The highest BCUT2D eigenvalue weighted by Gasteiger charge is 2.38. The molecule has 0 amide bonds. The van der Waals surface area contributed by atoms with Gasteiger partial charge in [0.1, 0.15) is 0 Å². The molecule has 0 spiro atoms. The number of rotatable bonds is 2. The van der Waals surface area contributed by atoms with E-state index in [1.807, 2.05) is 0 Å². The molecule has 1 aromatic heterocycles. The molecule has 2 N–H and O–H groups in total. The Bertz CT molecular complexity index is 469. The van der Waals surface area contributed by atoms with E-state index in [0.29, 0.717) is 0 Å². The fraction of sp³-hybridized carbons (Fsp3) is 0.222. The fourth-order valence-corrected chi connectivity index (χ4v) is 1.10. The Kier molecular flexibility index (Phi) is 3.66. The molecule has 0 aliphatic carbocycles. The lowest BCUT2D eigenvalue weighted by Gasteiger charge is -2.09. The Hall–Kier alpha value is -2.12. The van der Waals surface area contributed by atoms with Gasteiger partial charge in [-0.25, -0.2) is 0 Å². The van der Waals surface area contributed by atoms with Crippen molar-refractivity contribution in [1.82, 2.24) is 4.98 Å². The first-order chi connectivity index (χ1) is 7.90. The van der Waals surface area contributed by atoms with Crippen LogP contribution in [0.25, 0.3) is 0 Å². The largest absolute Gasteiger partial charge is 0.437 e. The van der Waals surface area contributed by atoms with E-state index in [-0.39, 0.29) is 11.3 Å². The summed E-state index contributed by atoms with van der Waals surface area (Å²) in [6, 6.07) is 1.06. The normalized spacial score (nSPS) is 13.9. The van der Waals surface area contributed by atoms with Crippen molar-refractivity contribution in [3.05, 3.63) is 29.6 Å². The Morgan fingerprint density at radius 3 is 2.24 bits per heavy atom. The van der Waals surface area contributed by atoms with Gasteiger partial charge in [-0.15, -0.1) is 0 Å². The van der Waals surface area contributed by atoms with Gasteiger partial charge in [0.15, 0.2) is 5.71 Å². The second kappa shape index (κ2) is 4.81. The number of halogens is 3. The molecule has 8 heteroatoms. The van der Waals surface area contributed by atoms with Crippen LogP contribution in [0.15, 0.2) is 28.8 Å². The van der Waals surface area contributed by atoms with Crippen molar-refractivity contribution in [3.63, 3.8) is 0 Å². The van der Waals surface area contributed by atoms with Crippen molar-refractivity contribution in [2.75, 3.05) is 0 Å². The maximum absolute atomic E-state index is 12.4. The third-order valence-corrected chi connectivity index (χ3v) is 1.95. The zero-order valence-corrected chi connectivity index (χ0v) is 8.60. The summed E-state index contributed by atoms with van der Waals surface area (Å²) in [5, 5.41) is 21.9. The molecule has 0 atom stereocenters. The van der Waals surface area contributed by atoms with Crippen molar-refractivity contribution < 1.29 is 23.6 Å². The number of alkyl halides is 3. The topological polar surface area (TPSA) is 78.1 Å². The molecule has 1 rings (SSSR count). The van der Waals surface area contributed by atoms with Crippen LogP contribution >= 0.6 is 0 Å². The third kappa shape index (κ3) is 2.92. The molecule has 92 valence electrons. The van der Waals surface area contributed by atoms with Gasteiger partial charge in [0.2, 0.25) is 0 Å². The van der Waals surface area contributed by atoms with Crippen molar-refractivity contribution in [2.45, 2.75) is 13.1 Å². The van der Waals surface area contributed by atoms with E-state index in [2.05, 4.69) is 15.3 Å². The van der Waals surface area contributed by atoms with Gasteiger partial charge in [-0.1, -0.05) is 10.3 Å². The van der Waals surface area contributed by atoms with Crippen LogP contribution in [0.5, 0.6) is 0 Å². The lowest BCUT2D eigenvalue weighted by Crippen LogP contribution is -2.24. The summed E-state index contributed by atoms with van der Waals surface area (Å²) in [6.45, 7) is 1.39. The molecular weight excluding hydrogens is 239 g/mol. The van der Waals surface area contributed by atoms with Crippen LogP contribution < -0.4 is 0 Å². The van der Waals surface area contributed by atoms with Gasteiger partial charge in [-0.05, 0) is 13.0 Å². The Balaban J connectivity index is 3.25. The van der Waals surface area contributed by atoms with Gasteiger partial charge >= 0.3 is 6.18 Å². The first-order valence-electron chi connectivity index (χ1n) is 4.34. The second-order valence-electron chi connectivity index (χ2n) is 3.09.